The van der Waals surface area contributed by atoms with E-state index in [0.29, 0.717) is 6.42 Å². The van der Waals surface area contributed by atoms with Gasteiger partial charge in [0, 0.05) is 5.41 Å². The molecule has 0 aromatic heterocycles. The summed E-state index contributed by atoms with van der Waals surface area (Å²) in [4.78, 5) is 11.2. The fourth-order valence-corrected chi connectivity index (χ4v) is 1.10. The molecule has 0 spiro atoms. The predicted octanol–water partition coefficient (Wildman–Crippen LogP) is 1.09. The van der Waals surface area contributed by atoms with Crippen LogP contribution in [0.1, 0.15) is 27.2 Å². The third-order valence-electron chi connectivity index (χ3n) is 1.97. The van der Waals surface area contributed by atoms with Crippen LogP contribution in [0.5, 0.6) is 0 Å². The second-order valence-corrected chi connectivity index (χ2v) is 5.12. The Morgan fingerprint density at radius 2 is 1.86 bits per heavy atom. The lowest BCUT2D eigenvalue weighted by atomic mass is 9.90. The summed E-state index contributed by atoms with van der Waals surface area (Å²) in [7, 11) is -4.82. The Balaban J connectivity index is 4.65. The van der Waals surface area contributed by atoms with Crippen LogP contribution in [0.15, 0.2) is 0 Å². The average Bonchev–Trinajstić information content (AvgIpc) is 2.03. The highest BCUT2D eigenvalue weighted by molar-refractivity contribution is 7.90. The van der Waals surface area contributed by atoms with Gasteiger partial charge in [-0.05, 0) is 6.42 Å². The minimum atomic E-state index is -4.82. The Hall–Kier alpha value is -0.720. The monoisotopic (exact) mass is 229 g/mol. The summed E-state index contributed by atoms with van der Waals surface area (Å²) in [6.07, 6.45) is 0.359. The molecule has 0 saturated heterocycles. The molecular formula is C7H13F2NO3S. The van der Waals surface area contributed by atoms with Gasteiger partial charge in [-0.1, -0.05) is 20.8 Å². The quantitative estimate of drug-likeness (QED) is 0.784. The summed E-state index contributed by atoms with van der Waals surface area (Å²) in [5.74, 6) is -4.50. The number of hydrogen-bond donors (Lipinski definition) is 1. The lowest BCUT2D eigenvalue weighted by Gasteiger charge is -2.20. The first-order valence-corrected chi connectivity index (χ1v) is 5.52. The molecule has 14 heavy (non-hydrogen) atoms. The van der Waals surface area contributed by atoms with E-state index in [9.17, 15) is 22.0 Å². The van der Waals surface area contributed by atoms with E-state index in [0.717, 1.165) is 0 Å². The topological polar surface area (TPSA) is 63.2 Å². The number of carbonyl (C=O) groups excluding carboxylic acids is 1. The van der Waals surface area contributed by atoms with Crippen LogP contribution in [-0.4, -0.2) is 20.1 Å². The van der Waals surface area contributed by atoms with Gasteiger partial charge < -0.3 is 0 Å². The first-order chi connectivity index (χ1) is 6.13. The summed E-state index contributed by atoms with van der Waals surface area (Å²) < 4.78 is 46.3. The highest BCUT2D eigenvalue weighted by atomic mass is 32.2. The number of sulfonamides is 1. The Labute approximate surface area is 81.7 Å². The molecule has 0 aliphatic heterocycles. The van der Waals surface area contributed by atoms with Gasteiger partial charge in [0.05, 0.1) is 0 Å². The number of halogens is 2. The van der Waals surface area contributed by atoms with Gasteiger partial charge in [-0.3, -0.25) is 4.79 Å². The van der Waals surface area contributed by atoms with Crippen molar-refractivity contribution in [2.24, 2.45) is 5.41 Å². The van der Waals surface area contributed by atoms with Crippen LogP contribution >= 0.6 is 0 Å². The first kappa shape index (κ1) is 13.3. The van der Waals surface area contributed by atoms with Gasteiger partial charge in [0.25, 0.3) is 10.0 Å². The molecule has 1 amide bonds. The number of rotatable bonds is 4. The molecule has 0 fully saturated rings. The van der Waals surface area contributed by atoms with Gasteiger partial charge in [-0.25, -0.2) is 13.1 Å². The lowest BCUT2D eigenvalue weighted by molar-refractivity contribution is -0.127. The summed E-state index contributed by atoms with van der Waals surface area (Å²) in [5.41, 5.74) is -0.970. The van der Waals surface area contributed by atoms with Crippen molar-refractivity contribution in [1.29, 1.82) is 0 Å². The van der Waals surface area contributed by atoms with Gasteiger partial charge >= 0.3 is 5.76 Å². The van der Waals surface area contributed by atoms with Crippen LogP contribution in [0.2, 0.25) is 0 Å². The van der Waals surface area contributed by atoms with Gasteiger partial charge in [-0.15, -0.1) is 0 Å². The second kappa shape index (κ2) is 4.20. The van der Waals surface area contributed by atoms with Gasteiger partial charge in [0.15, 0.2) is 0 Å². The van der Waals surface area contributed by atoms with Gasteiger partial charge in [0.2, 0.25) is 5.91 Å². The largest absolute Gasteiger partial charge is 0.355 e. The zero-order chi connectivity index (χ0) is 11.6. The van der Waals surface area contributed by atoms with Crippen LogP contribution in [0, 0.1) is 5.41 Å². The minimum absolute atomic E-state index is 0.359. The molecule has 4 nitrogen and oxygen atoms in total. The van der Waals surface area contributed by atoms with Gasteiger partial charge in [0.1, 0.15) is 0 Å². The van der Waals surface area contributed by atoms with Gasteiger partial charge in [-0.2, -0.15) is 8.78 Å². The van der Waals surface area contributed by atoms with Crippen LogP contribution in [0.4, 0.5) is 8.78 Å². The maximum absolute atomic E-state index is 11.9. The van der Waals surface area contributed by atoms with Crippen molar-refractivity contribution in [3.63, 3.8) is 0 Å². The minimum Gasteiger partial charge on any atom is -0.273 e. The van der Waals surface area contributed by atoms with E-state index in [1.165, 1.54) is 18.6 Å². The molecule has 84 valence electrons. The van der Waals surface area contributed by atoms with E-state index in [1.807, 2.05) is 0 Å². The van der Waals surface area contributed by atoms with Crippen molar-refractivity contribution < 1.29 is 22.0 Å². The third kappa shape index (κ3) is 3.21. The molecule has 1 N–H and O–H groups in total. The SMILES string of the molecule is CCC(C)(C)C(=O)NS(=O)(=O)C(F)F. The molecule has 0 radical (unpaired) electrons. The number of nitrogens with one attached hydrogen (secondary N) is 1. The Morgan fingerprint density at radius 3 is 2.14 bits per heavy atom. The van der Waals surface area contributed by atoms with E-state index >= 15 is 0 Å². The smallest absolute Gasteiger partial charge is 0.273 e. The van der Waals surface area contributed by atoms with Crippen LogP contribution in [0.25, 0.3) is 0 Å². The normalized spacial score (nSPS) is 13.0. The third-order valence-corrected chi connectivity index (χ3v) is 2.91. The predicted molar refractivity (Wildman–Crippen MR) is 47.1 cm³/mol. The molecule has 0 aromatic carbocycles. The molecule has 0 bridgehead atoms. The highest BCUT2D eigenvalue weighted by Crippen LogP contribution is 2.20. The lowest BCUT2D eigenvalue weighted by Crippen LogP contribution is -2.42. The molecule has 0 atom stereocenters. The molecule has 0 unspecified atom stereocenters. The van der Waals surface area contributed by atoms with E-state index in [4.69, 9.17) is 0 Å². The Kier molecular flexibility index (Phi) is 3.99. The maximum atomic E-state index is 11.9. The molecule has 0 aliphatic rings. The standard InChI is InChI=1S/C7H13F2NO3S/c1-4-7(2,3)5(11)10-14(12,13)6(8)9/h6H,4H2,1-3H3,(H,10,11). The highest BCUT2D eigenvalue weighted by Gasteiger charge is 2.33. The number of hydrogen-bond acceptors (Lipinski definition) is 3. The van der Waals surface area contributed by atoms with Crippen molar-refractivity contribution >= 4 is 15.9 Å². The van der Waals surface area contributed by atoms with E-state index in [-0.39, 0.29) is 0 Å². The van der Waals surface area contributed by atoms with E-state index < -0.39 is 27.1 Å². The van der Waals surface area contributed by atoms with E-state index in [1.54, 1.807) is 6.92 Å². The molecule has 0 aliphatic carbocycles. The molecule has 0 heterocycles. The number of carbonyl (C=O) groups is 1. The maximum Gasteiger partial charge on any atom is 0.355 e. The fraction of sp³-hybridized carbons (Fsp3) is 0.857. The van der Waals surface area contributed by atoms with Crippen molar-refractivity contribution in [2.45, 2.75) is 32.9 Å². The van der Waals surface area contributed by atoms with Crippen LogP contribution in [0.3, 0.4) is 0 Å². The molecular weight excluding hydrogens is 216 g/mol. The summed E-state index contributed by atoms with van der Waals surface area (Å²) in [6.45, 7) is 4.61. The van der Waals surface area contributed by atoms with E-state index in [2.05, 4.69) is 0 Å². The zero-order valence-electron chi connectivity index (χ0n) is 8.17. The number of alkyl halides is 2. The van der Waals surface area contributed by atoms with Crippen molar-refractivity contribution in [2.75, 3.05) is 0 Å². The van der Waals surface area contributed by atoms with Crippen molar-refractivity contribution in [1.82, 2.24) is 4.72 Å². The Morgan fingerprint density at radius 1 is 1.43 bits per heavy atom. The average molecular weight is 229 g/mol. The van der Waals surface area contributed by atoms with Crippen LogP contribution in [-0.2, 0) is 14.8 Å². The summed E-state index contributed by atoms with van der Waals surface area (Å²) >= 11 is 0. The fourth-order valence-electron chi connectivity index (χ4n) is 0.472. The first-order valence-electron chi connectivity index (χ1n) is 3.97. The second-order valence-electron chi connectivity index (χ2n) is 3.47. The molecule has 7 heteroatoms. The molecule has 0 rings (SSSR count). The van der Waals surface area contributed by atoms with Crippen LogP contribution < -0.4 is 4.72 Å². The summed E-state index contributed by atoms with van der Waals surface area (Å²) in [5, 5.41) is 0. The van der Waals surface area contributed by atoms with Crippen molar-refractivity contribution in [3.05, 3.63) is 0 Å². The Bertz CT molecular complexity index is 311. The zero-order valence-corrected chi connectivity index (χ0v) is 8.99. The van der Waals surface area contributed by atoms with Crippen molar-refractivity contribution in [3.8, 4) is 0 Å². The molecule has 0 saturated carbocycles. The summed E-state index contributed by atoms with van der Waals surface area (Å²) in [6, 6.07) is 0. The number of amides is 1. The molecule has 0 aromatic rings.